The Hall–Kier alpha value is -2.75. The number of fused-ring (bicyclic) bond motifs is 1. The van der Waals surface area contributed by atoms with Gasteiger partial charge in [0.15, 0.2) is 15.8 Å². The highest BCUT2D eigenvalue weighted by atomic mass is 32.2. The quantitative estimate of drug-likeness (QED) is 0.471. The van der Waals surface area contributed by atoms with Gasteiger partial charge in [-0.15, -0.1) is 10.2 Å². The van der Waals surface area contributed by atoms with Gasteiger partial charge in [0.05, 0.1) is 36.2 Å². The summed E-state index contributed by atoms with van der Waals surface area (Å²) >= 11 is 0.702. The molecule has 1 amide bonds. The SMILES string of the molecule is CC(C)C(=O)N1CCN(c2cc(S(=O)(=O)NC3(C)COC3)cn3c(-c4nnc(C(F)F)s4)ncc23)CC1. The standard InChI is InChI=1S/C22H27F2N7O4S2/c1-13(2)21(32)30-6-4-29(5-7-30)15-8-14(37(33,34)28-22(3)11-35-12-22)10-31-16(15)9-25-18(31)20-27-26-19(36-20)17(23)24/h8-10,13,17,28H,4-7,11-12H2,1-3H3. The fraction of sp³-hybridized carbons (Fsp3) is 0.545. The molecule has 0 bridgehead atoms. The Kier molecular flexibility index (Phi) is 6.66. The Bertz CT molecular complexity index is 1430. The van der Waals surface area contributed by atoms with Gasteiger partial charge >= 0.3 is 0 Å². The molecule has 1 N–H and O–H groups in total. The number of carbonyl (C=O) groups is 1. The number of halogens is 2. The van der Waals surface area contributed by atoms with Crippen LogP contribution < -0.4 is 9.62 Å². The van der Waals surface area contributed by atoms with Gasteiger partial charge in [0.25, 0.3) is 6.43 Å². The second-order valence-corrected chi connectivity index (χ2v) is 12.5. The van der Waals surface area contributed by atoms with Crippen LogP contribution >= 0.6 is 11.3 Å². The molecule has 0 radical (unpaired) electrons. The van der Waals surface area contributed by atoms with E-state index in [1.54, 1.807) is 28.5 Å². The van der Waals surface area contributed by atoms with Gasteiger partial charge in [-0.05, 0) is 13.0 Å². The van der Waals surface area contributed by atoms with Crippen LogP contribution in [-0.2, 0) is 19.6 Å². The first-order valence-corrected chi connectivity index (χ1v) is 14.1. The number of ether oxygens (including phenoxy) is 1. The van der Waals surface area contributed by atoms with Crippen LogP contribution in [0.2, 0.25) is 0 Å². The number of alkyl halides is 2. The first kappa shape index (κ1) is 25.9. The number of pyridine rings is 1. The molecule has 0 aliphatic carbocycles. The molecule has 0 saturated carbocycles. The summed E-state index contributed by atoms with van der Waals surface area (Å²) < 4.78 is 62.5. The molecule has 5 rings (SSSR count). The van der Waals surface area contributed by atoms with E-state index in [2.05, 4.69) is 19.9 Å². The molecule has 200 valence electrons. The molecule has 37 heavy (non-hydrogen) atoms. The van der Waals surface area contributed by atoms with Gasteiger partial charge in [0.2, 0.25) is 15.9 Å². The van der Waals surface area contributed by atoms with E-state index in [0.29, 0.717) is 48.7 Å². The lowest BCUT2D eigenvalue weighted by Gasteiger charge is -2.38. The number of amides is 1. The van der Waals surface area contributed by atoms with Crippen molar-refractivity contribution in [3.63, 3.8) is 0 Å². The monoisotopic (exact) mass is 555 g/mol. The summed E-state index contributed by atoms with van der Waals surface area (Å²) in [6.07, 6.45) is 0.197. The number of anilines is 1. The van der Waals surface area contributed by atoms with E-state index in [1.165, 1.54) is 6.20 Å². The summed E-state index contributed by atoms with van der Waals surface area (Å²) in [5, 5.41) is 7.10. The molecule has 0 aromatic carbocycles. The number of aromatic nitrogens is 4. The van der Waals surface area contributed by atoms with Crippen molar-refractivity contribution in [3.8, 4) is 10.8 Å². The maximum atomic E-state index is 13.4. The number of sulfonamides is 1. The fourth-order valence-electron chi connectivity index (χ4n) is 4.41. The van der Waals surface area contributed by atoms with Crippen LogP contribution in [0.5, 0.6) is 0 Å². The Labute approximate surface area is 216 Å². The zero-order valence-electron chi connectivity index (χ0n) is 20.5. The molecule has 3 aromatic heterocycles. The Morgan fingerprint density at radius 3 is 2.46 bits per heavy atom. The van der Waals surface area contributed by atoms with Gasteiger partial charge in [-0.25, -0.2) is 26.9 Å². The molecular formula is C22H27F2N7O4S2. The summed E-state index contributed by atoms with van der Waals surface area (Å²) in [6, 6.07) is 1.58. The lowest BCUT2D eigenvalue weighted by Crippen LogP contribution is -2.59. The number of nitrogens with zero attached hydrogens (tertiary/aromatic N) is 6. The molecule has 3 aromatic rings. The van der Waals surface area contributed by atoms with Crippen molar-refractivity contribution in [3.05, 3.63) is 23.5 Å². The molecule has 5 heterocycles. The number of nitrogens with one attached hydrogen (secondary N) is 1. The first-order chi connectivity index (χ1) is 17.5. The Morgan fingerprint density at radius 2 is 1.89 bits per heavy atom. The summed E-state index contributed by atoms with van der Waals surface area (Å²) in [6.45, 7) is 7.94. The third kappa shape index (κ3) is 4.92. The average Bonchev–Trinajstić information content (AvgIpc) is 3.49. The minimum atomic E-state index is -3.97. The van der Waals surface area contributed by atoms with Gasteiger partial charge in [-0.2, -0.15) is 0 Å². The van der Waals surface area contributed by atoms with E-state index in [1.807, 2.05) is 18.7 Å². The van der Waals surface area contributed by atoms with Crippen molar-refractivity contribution in [2.75, 3.05) is 44.3 Å². The topological polar surface area (TPSA) is 122 Å². The van der Waals surface area contributed by atoms with Crippen LogP contribution in [0, 0.1) is 5.92 Å². The summed E-state index contributed by atoms with van der Waals surface area (Å²) in [5.41, 5.74) is 0.469. The van der Waals surface area contributed by atoms with E-state index in [-0.39, 0.29) is 40.8 Å². The van der Waals surface area contributed by atoms with E-state index in [9.17, 15) is 22.0 Å². The molecule has 2 fully saturated rings. The number of piperazine rings is 1. The van der Waals surface area contributed by atoms with Crippen LogP contribution in [-0.4, -0.2) is 83.7 Å². The first-order valence-electron chi connectivity index (χ1n) is 11.8. The second kappa shape index (κ2) is 9.53. The lowest BCUT2D eigenvalue weighted by atomic mass is 10.0. The third-order valence-electron chi connectivity index (χ3n) is 6.37. The third-order valence-corrected chi connectivity index (χ3v) is 8.90. The molecule has 0 atom stereocenters. The van der Waals surface area contributed by atoms with Gasteiger partial charge in [0, 0.05) is 38.3 Å². The molecule has 0 spiro atoms. The number of hydrogen-bond donors (Lipinski definition) is 1. The Balaban J connectivity index is 1.57. The number of carbonyl (C=O) groups excluding carboxylic acids is 1. The maximum Gasteiger partial charge on any atom is 0.291 e. The van der Waals surface area contributed by atoms with Crippen LogP contribution in [0.15, 0.2) is 23.4 Å². The second-order valence-electron chi connectivity index (χ2n) is 9.77. The highest BCUT2D eigenvalue weighted by Gasteiger charge is 2.38. The van der Waals surface area contributed by atoms with Crippen LogP contribution in [0.25, 0.3) is 16.3 Å². The average molecular weight is 556 g/mol. The van der Waals surface area contributed by atoms with Gasteiger partial charge in [-0.3, -0.25) is 9.20 Å². The van der Waals surface area contributed by atoms with Crippen molar-refractivity contribution in [1.29, 1.82) is 0 Å². The van der Waals surface area contributed by atoms with Crippen molar-refractivity contribution in [1.82, 2.24) is 29.2 Å². The van der Waals surface area contributed by atoms with E-state index in [0.717, 1.165) is 0 Å². The Morgan fingerprint density at radius 1 is 1.19 bits per heavy atom. The van der Waals surface area contributed by atoms with Crippen molar-refractivity contribution in [2.24, 2.45) is 5.92 Å². The lowest BCUT2D eigenvalue weighted by molar-refractivity contribution is -0.134. The predicted molar refractivity (Wildman–Crippen MR) is 132 cm³/mol. The summed E-state index contributed by atoms with van der Waals surface area (Å²) in [4.78, 5) is 20.6. The highest BCUT2D eigenvalue weighted by Crippen LogP contribution is 2.34. The minimum Gasteiger partial charge on any atom is -0.377 e. The molecule has 2 aliphatic rings. The fourth-order valence-corrected chi connectivity index (χ4v) is 6.50. The smallest absolute Gasteiger partial charge is 0.291 e. The maximum absolute atomic E-state index is 13.4. The van der Waals surface area contributed by atoms with E-state index in [4.69, 9.17) is 4.74 Å². The van der Waals surface area contributed by atoms with Crippen molar-refractivity contribution in [2.45, 2.75) is 37.6 Å². The zero-order chi connectivity index (χ0) is 26.5. The van der Waals surface area contributed by atoms with E-state index >= 15 is 0 Å². The zero-order valence-corrected chi connectivity index (χ0v) is 22.2. The largest absolute Gasteiger partial charge is 0.377 e. The number of imidazole rings is 1. The molecule has 15 heteroatoms. The highest BCUT2D eigenvalue weighted by molar-refractivity contribution is 7.89. The van der Waals surface area contributed by atoms with Crippen LogP contribution in [0.1, 0.15) is 32.2 Å². The van der Waals surface area contributed by atoms with Crippen molar-refractivity contribution >= 4 is 38.5 Å². The molecular weight excluding hydrogens is 528 g/mol. The van der Waals surface area contributed by atoms with Gasteiger partial charge in [0.1, 0.15) is 4.90 Å². The molecule has 2 saturated heterocycles. The van der Waals surface area contributed by atoms with Crippen LogP contribution in [0.3, 0.4) is 0 Å². The predicted octanol–water partition coefficient (Wildman–Crippen LogP) is 2.16. The molecule has 11 nitrogen and oxygen atoms in total. The normalized spacial score (nSPS) is 18.1. The number of rotatable bonds is 7. The molecule has 2 aliphatic heterocycles. The van der Waals surface area contributed by atoms with Gasteiger partial charge < -0.3 is 14.5 Å². The molecule has 0 unspecified atom stereocenters. The summed E-state index contributed by atoms with van der Waals surface area (Å²) in [7, 11) is -3.97. The van der Waals surface area contributed by atoms with Crippen molar-refractivity contribution < 1.29 is 26.7 Å². The van der Waals surface area contributed by atoms with E-state index < -0.39 is 27.0 Å². The number of hydrogen-bond acceptors (Lipinski definition) is 9. The van der Waals surface area contributed by atoms with Gasteiger partial charge in [-0.1, -0.05) is 25.2 Å². The minimum absolute atomic E-state index is 0.0124. The van der Waals surface area contributed by atoms with Crippen LogP contribution in [0.4, 0.5) is 14.5 Å². The summed E-state index contributed by atoms with van der Waals surface area (Å²) in [5.74, 6) is 0.167.